The summed E-state index contributed by atoms with van der Waals surface area (Å²) in [5.74, 6) is -0.403. The lowest BCUT2D eigenvalue weighted by Crippen LogP contribution is -2.39. The predicted molar refractivity (Wildman–Crippen MR) is 78.0 cm³/mol. The molecule has 1 atom stereocenters. The van der Waals surface area contributed by atoms with Crippen molar-refractivity contribution in [2.24, 2.45) is 0 Å². The highest BCUT2D eigenvalue weighted by Gasteiger charge is 2.15. The fraction of sp³-hybridized carbons (Fsp3) is 0.462. The van der Waals surface area contributed by atoms with Crippen molar-refractivity contribution in [3.8, 4) is 0 Å². The van der Waals surface area contributed by atoms with Crippen LogP contribution < -0.4 is 16.4 Å². The highest BCUT2D eigenvalue weighted by atomic mass is 16.5. The van der Waals surface area contributed by atoms with Gasteiger partial charge in [-0.25, -0.2) is 9.78 Å². The molecule has 8 nitrogen and oxygen atoms in total. The molecule has 0 saturated heterocycles. The Bertz CT molecular complexity index is 507. The Hall–Kier alpha value is -2.35. The zero-order valence-corrected chi connectivity index (χ0v) is 12.3. The molecule has 116 valence electrons. The maximum absolute atomic E-state index is 11.8. The van der Waals surface area contributed by atoms with Gasteiger partial charge in [0.05, 0.1) is 31.2 Å². The van der Waals surface area contributed by atoms with Gasteiger partial charge in [0.1, 0.15) is 11.9 Å². The summed E-state index contributed by atoms with van der Waals surface area (Å²) in [6.45, 7) is 2.53. The van der Waals surface area contributed by atoms with Gasteiger partial charge in [-0.2, -0.15) is 0 Å². The predicted octanol–water partition coefficient (Wildman–Crippen LogP) is 0.0134. The summed E-state index contributed by atoms with van der Waals surface area (Å²) in [5, 5.41) is 5.58. The first-order chi connectivity index (χ1) is 9.99. The first kappa shape index (κ1) is 16.7. The Kier molecular flexibility index (Phi) is 6.41. The van der Waals surface area contributed by atoms with Gasteiger partial charge in [-0.1, -0.05) is 0 Å². The molecule has 0 spiro atoms. The van der Waals surface area contributed by atoms with Crippen molar-refractivity contribution in [1.82, 2.24) is 10.3 Å². The molecule has 0 bridgehead atoms. The molecular weight excluding hydrogens is 276 g/mol. The number of hydrogen-bond acceptors (Lipinski definition) is 7. The summed E-state index contributed by atoms with van der Waals surface area (Å²) in [6.07, 6.45) is 1.34. The van der Waals surface area contributed by atoms with E-state index in [0.29, 0.717) is 19.0 Å². The Labute approximate surface area is 123 Å². The number of pyridine rings is 1. The van der Waals surface area contributed by atoms with E-state index < -0.39 is 12.0 Å². The topological polar surface area (TPSA) is 116 Å². The minimum Gasteiger partial charge on any atom is -0.465 e. The summed E-state index contributed by atoms with van der Waals surface area (Å²) in [4.78, 5) is 27.3. The number of aromatic nitrogens is 1. The molecule has 1 unspecified atom stereocenters. The first-order valence-corrected chi connectivity index (χ1v) is 6.36. The van der Waals surface area contributed by atoms with E-state index in [-0.39, 0.29) is 17.2 Å². The molecule has 1 amide bonds. The van der Waals surface area contributed by atoms with Crippen LogP contribution in [0.4, 0.5) is 11.5 Å². The van der Waals surface area contributed by atoms with Crippen molar-refractivity contribution in [3.05, 3.63) is 17.8 Å². The molecule has 8 heteroatoms. The summed E-state index contributed by atoms with van der Waals surface area (Å²) < 4.78 is 9.47. The van der Waals surface area contributed by atoms with Crippen molar-refractivity contribution in [2.75, 3.05) is 38.4 Å². The number of ether oxygens (including phenoxy) is 2. The van der Waals surface area contributed by atoms with Crippen LogP contribution >= 0.6 is 0 Å². The minimum absolute atomic E-state index is 0.196. The second-order valence-electron chi connectivity index (χ2n) is 4.30. The molecule has 0 radical (unpaired) electrons. The fourth-order valence-electron chi connectivity index (χ4n) is 1.55. The van der Waals surface area contributed by atoms with Gasteiger partial charge < -0.3 is 25.8 Å². The second-order valence-corrected chi connectivity index (χ2v) is 4.30. The van der Waals surface area contributed by atoms with Crippen LogP contribution in [0.5, 0.6) is 0 Å². The first-order valence-electron chi connectivity index (χ1n) is 6.36. The summed E-state index contributed by atoms with van der Waals surface area (Å²) in [5.41, 5.74) is 6.06. The van der Waals surface area contributed by atoms with E-state index in [1.54, 1.807) is 14.0 Å². The molecule has 0 aliphatic rings. The van der Waals surface area contributed by atoms with Gasteiger partial charge in [0.25, 0.3) is 0 Å². The van der Waals surface area contributed by atoms with Gasteiger partial charge in [-0.15, -0.1) is 0 Å². The average Bonchev–Trinajstić information content (AvgIpc) is 2.48. The van der Waals surface area contributed by atoms with Crippen molar-refractivity contribution < 1.29 is 19.1 Å². The molecule has 0 saturated carbocycles. The number of nitrogens with zero attached hydrogens (tertiary/aromatic N) is 1. The quantitative estimate of drug-likeness (QED) is 0.479. The lowest BCUT2D eigenvalue weighted by Gasteiger charge is -2.15. The Balaban J connectivity index is 2.70. The molecule has 1 aromatic rings. The van der Waals surface area contributed by atoms with Crippen LogP contribution in [0.3, 0.4) is 0 Å². The van der Waals surface area contributed by atoms with Crippen molar-refractivity contribution in [1.29, 1.82) is 0 Å². The molecule has 4 N–H and O–H groups in total. The van der Waals surface area contributed by atoms with E-state index in [1.165, 1.54) is 19.4 Å². The number of hydrogen-bond donors (Lipinski definition) is 3. The van der Waals surface area contributed by atoms with Gasteiger partial charge in [-0.3, -0.25) is 4.79 Å². The highest BCUT2D eigenvalue weighted by Crippen LogP contribution is 2.16. The van der Waals surface area contributed by atoms with E-state index in [2.05, 4.69) is 20.4 Å². The van der Waals surface area contributed by atoms with Crippen LogP contribution in [0, 0.1) is 0 Å². The lowest BCUT2D eigenvalue weighted by atomic mass is 10.2. The molecule has 1 aromatic heterocycles. The largest absolute Gasteiger partial charge is 0.465 e. The van der Waals surface area contributed by atoms with E-state index in [1.807, 2.05) is 0 Å². The van der Waals surface area contributed by atoms with Gasteiger partial charge >= 0.3 is 5.97 Å². The van der Waals surface area contributed by atoms with Gasteiger partial charge in [0, 0.05) is 13.7 Å². The number of carbonyl (C=O) groups is 2. The van der Waals surface area contributed by atoms with Gasteiger partial charge in [0.2, 0.25) is 5.91 Å². The molecular formula is C13H20N4O4. The Morgan fingerprint density at radius 2 is 2.14 bits per heavy atom. The van der Waals surface area contributed by atoms with Crippen LogP contribution in [-0.2, 0) is 14.3 Å². The van der Waals surface area contributed by atoms with Gasteiger partial charge in [0.15, 0.2) is 0 Å². The lowest BCUT2D eigenvalue weighted by molar-refractivity contribution is -0.121. The van der Waals surface area contributed by atoms with Crippen LogP contribution in [0.2, 0.25) is 0 Å². The van der Waals surface area contributed by atoms with Crippen molar-refractivity contribution >= 4 is 23.4 Å². The molecule has 1 rings (SSSR count). The van der Waals surface area contributed by atoms with Gasteiger partial charge in [-0.05, 0) is 13.0 Å². The molecule has 1 heterocycles. The third-order valence-corrected chi connectivity index (χ3v) is 2.70. The Morgan fingerprint density at radius 3 is 2.76 bits per heavy atom. The third kappa shape index (κ3) is 4.92. The smallest absolute Gasteiger partial charge is 0.340 e. The monoisotopic (exact) mass is 296 g/mol. The number of nitrogens with one attached hydrogen (secondary N) is 2. The number of methoxy groups -OCH3 is 2. The molecule has 0 aliphatic carbocycles. The fourth-order valence-corrected chi connectivity index (χ4v) is 1.55. The standard InChI is InChI=1S/C13H20N4O4/c1-8(12(18)15-4-5-20-2)17-11-6-9(13(19)21-3)10(14)7-16-11/h6-8H,4-5,14H2,1-3H3,(H,15,18)(H,16,17). The Morgan fingerprint density at radius 1 is 1.43 bits per heavy atom. The zero-order chi connectivity index (χ0) is 15.8. The number of nitrogens with two attached hydrogens (primary N) is 1. The molecule has 0 aromatic carbocycles. The maximum Gasteiger partial charge on any atom is 0.340 e. The number of anilines is 2. The highest BCUT2D eigenvalue weighted by molar-refractivity contribution is 5.95. The van der Waals surface area contributed by atoms with Crippen LogP contribution in [0.1, 0.15) is 17.3 Å². The zero-order valence-electron chi connectivity index (χ0n) is 12.3. The summed E-state index contributed by atoms with van der Waals surface area (Å²) in [7, 11) is 2.82. The van der Waals surface area contributed by atoms with Crippen molar-refractivity contribution in [2.45, 2.75) is 13.0 Å². The third-order valence-electron chi connectivity index (χ3n) is 2.70. The normalized spacial score (nSPS) is 11.6. The summed E-state index contributed by atoms with van der Waals surface area (Å²) in [6, 6.07) is 0.920. The van der Waals surface area contributed by atoms with Crippen LogP contribution in [0.25, 0.3) is 0 Å². The average molecular weight is 296 g/mol. The molecule has 0 fully saturated rings. The summed E-state index contributed by atoms with van der Waals surface area (Å²) >= 11 is 0. The molecule has 21 heavy (non-hydrogen) atoms. The number of esters is 1. The minimum atomic E-state index is -0.560. The van der Waals surface area contributed by atoms with Crippen LogP contribution in [-0.4, -0.2) is 50.3 Å². The maximum atomic E-state index is 11.8. The second kappa shape index (κ2) is 8.05. The molecule has 0 aliphatic heterocycles. The number of carbonyl (C=O) groups excluding carboxylic acids is 2. The van der Waals surface area contributed by atoms with Crippen molar-refractivity contribution in [3.63, 3.8) is 0 Å². The number of rotatable bonds is 7. The van der Waals surface area contributed by atoms with E-state index in [9.17, 15) is 9.59 Å². The van der Waals surface area contributed by atoms with Crippen LogP contribution in [0.15, 0.2) is 12.3 Å². The number of nitrogen functional groups attached to an aromatic ring is 1. The SMILES string of the molecule is COCCNC(=O)C(C)Nc1cc(C(=O)OC)c(N)cn1. The number of amides is 1. The van der Waals surface area contributed by atoms with E-state index in [4.69, 9.17) is 10.5 Å². The van der Waals surface area contributed by atoms with E-state index >= 15 is 0 Å². The van der Waals surface area contributed by atoms with E-state index in [0.717, 1.165) is 0 Å².